The zero-order valence-electron chi connectivity index (χ0n) is 21.3. The Morgan fingerprint density at radius 2 is 1.77 bits per heavy atom. The van der Waals surface area contributed by atoms with Crippen LogP contribution in [0.2, 0.25) is 0 Å². The van der Waals surface area contributed by atoms with Gasteiger partial charge in [-0.3, -0.25) is 10.0 Å². The van der Waals surface area contributed by atoms with Crippen molar-refractivity contribution in [2.24, 2.45) is 15.2 Å². The summed E-state index contributed by atoms with van der Waals surface area (Å²) >= 11 is 1.44. The molecular weight excluding hydrogens is 520 g/mol. The van der Waals surface area contributed by atoms with Crippen molar-refractivity contribution in [1.82, 2.24) is 4.68 Å². The fourth-order valence-corrected chi connectivity index (χ4v) is 4.96. The maximum Gasteiger partial charge on any atom is 0.387 e. The maximum absolute atomic E-state index is 12.5. The zero-order valence-corrected chi connectivity index (χ0v) is 22.1. The Labute approximate surface area is 229 Å². The zero-order chi connectivity index (χ0) is 27.0. The first-order chi connectivity index (χ1) is 19.1. The van der Waals surface area contributed by atoms with Crippen LogP contribution in [0.15, 0.2) is 99.4 Å². The summed E-state index contributed by atoms with van der Waals surface area (Å²) in [6.45, 7) is -1.06. The summed E-state index contributed by atoms with van der Waals surface area (Å²) in [4.78, 5) is 5.30. The Morgan fingerprint density at radius 1 is 1.00 bits per heavy atom. The Hall–Kier alpha value is -4.15. The van der Waals surface area contributed by atoms with Gasteiger partial charge in [-0.1, -0.05) is 42.5 Å². The third-order valence-corrected chi connectivity index (χ3v) is 6.88. The fourth-order valence-electron chi connectivity index (χ4n) is 4.09. The van der Waals surface area contributed by atoms with E-state index in [-0.39, 0.29) is 5.75 Å². The number of hydrogen-bond donors (Lipinski definition) is 0. The van der Waals surface area contributed by atoms with E-state index in [1.54, 1.807) is 30.1 Å². The van der Waals surface area contributed by atoms with Gasteiger partial charge in [0.15, 0.2) is 0 Å². The number of nitrogens with zero attached hydrogens (tertiary/aromatic N) is 5. The molecule has 0 amide bonds. The van der Waals surface area contributed by atoms with Crippen molar-refractivity contribution < 1.29 is 18.3 Å². The van der Waals surface area contributed by atoms with Gasteiger partial charge >= 0.3 is 6.61 Å². The minimum Gasteiger partial charge on any atom is -0.435 e. The van der Waals surface area contributed by atoms with Gasteiger partial charge < -0.3 is 9.47 Å². The van der Waals surface area contributed by atoms with Crippen LogP contribution in [0.4, 0.5) is 14.5 Å². The Kier molecular flexibility index (Phi) is 8.55. The summed E-state index contributed by atoms with van der Waals surface area (Å²) in [5, 5.41) is 13.5. The number of benzene rings is 3. The smallest absolute Gasteiger partial charge is 0.387 e. The van der Waals surface area contributed by atoms with Crippen LogP contribution in [-0.2, 0) is 4.74 Å². The van der Waals surface area contributed by atoms with Crippen molar-refractivity contribution in [2.45, 2.75) is 13.0 Å². The van der Waals surface area contributed by atoms with Crippen molar-refractivity contribution in [3.8, 4) is 17.0 Å². The molecule has 0 fully saturated rings. The van der Waals surface area contributed by atoms with Crippen LogP contribution >= 0.6 is 11.3 Å². The monoisotopic (exact) mass is 547 g/mol. The maximum atomic E-state index is 12.5. The molecule has 0 atom stereocenters. The van der Waals surface area contributed by atoms with Gasteiger partial charge in [0, 0.05) is 31.0 Å². The van der Waals surface area contributed by atoms with Crippen LogP contribution in [0.3, 0.4) is 0 Å². The van der Waals surface area contributed by atoms with Crippen molar-refractivity contribution in [1.29, 1.82) is 0 Å². The molecule has 0 radical (unpaired) electrons. The molecule has 4 aromatic rings. The number of hydrogen-bond acceptors (Lipinski definition) is 7. The normalized spacial score (nSPS) is 14.0. The minimum absolute atomic E-state index is 0.0994. The highest BCUT2D eigenvalue weighted by Gasteiger charge is 2.17. The molecule has 1 aliphatic rings. The van der Waals surface area contributed by atoms with Gasteiger partial charge in [0.2, 0.25) is 4.80 Å². The first-order valence-corrected chi connectivity index (χ1v) is 13.3. The molecule has 2 heterocycles. The highest BCUT2D eigenvalue weighted by Crippen LogP contribution is 2.25. The lowest BCUT2D eigenvalue weighted by Crippen LogP contribution is -2.14. The number of hydrazone groups is 1. The first kappa shape index (κ1) is 26.5. The molecule has 1 aliphatic heterocycles. The molecule has 200 valence electrons. The quantitative estimate of drug-likeness (QED) is 0.185. The van der Waals surface area contributed by atoms with Gasteiger partial charge in [0.05, 0.1) is 36.5 Å². The molecule has 10 heteroatoms. The van der Waals surface area contributed by atoms with Gasteiger partial charge in [-0.15, -0.1) is 11.3 Å². The average molecular weight is 548 g/mol. The predicted octanol–water partition coefficient (Wildman–Crippen LogP) is 5.86. The molecular formula is C29H27F2N5O2S. The standard InChI is InChI=1S/C29H27F2N5O2S/c1-37-18-16-32-29-36(27(20-39-29)23-9-13-25(14-10-23)38-28(30)31)33-19-21-7-11-24(12-8-21)35-17-15-26(34-35)22-5-3-2-4-6-22/h2-14,19-20,28H,15-18H2,1H3. The number of rotatable bonds is 10. The largest absolute Gasteiger partial charge is 0.435 e. The molecule has 0 saturated heterocycles. The second kappa shape index (κ2) is 12.6. The van der Waals surface area contributed by atoms with E-state index < -0.39 is 6.61 Å². The van der Waals surface area contributed by atoms with E-state index in [9.17, 15) is 8.78 Å². The third kappa shape index (κ3) is 6.65. The number of ether oxygens (including phenoxy) is 2. The number of anilines is 1. The highest BCUT2D eigenvalue weighted by molar-refractivity contribution is 7.07. The predicted molar refractivity (Wildman–Crippen MR) is 151 cm³/mol. The van der Waals surface area contributed by atoms with Crippen LogP contribution < -0.4 is 14.5 Å². The van der Waals surface area contributed by atoms with E-state index in [0.717, 1.165) is 46.7 Å². The summed E-state index contributed by atoms with van der Waals surface area (Å²) in [7, 11) is 1.63. The van der Waals surface area contributed by atoms with Gasteiger partial charge in [0.25, 0.3) is 0 Å². The molecule has 0 N–H and O–H groups in total. The SMILES string of the molecule is COCCN=c1scc(-c2ccc(OC(F)F)cc2)n1N=Cc1ccc(N2CCC(c3ccccc3)=N2)cc1. The number of aromatic nitrogens is 1. The molecule has 39 heavy (non-hydrogen) atoms. The number of alkyl halides is 2. The van der Waals surface area contributed by atoms with E-state index in [4.69, 9.17) is 14.9 Å². The molecule has 0 spiro atoms. The van der Waals surface area contributed by atoms with E-state index >= 15 is 0 Å². The fraction of sp³-hybridized carbons (Fsp3) is 0.207. The van der Waals surface area contributed by atoms with Gasteiger partial charge in [0.1, 0.15) is 5.75 Å². The number of halogens is 2. The Morgan fingerprint density at radius 3 is 2.49 bits per heavy atom. The lowest BCUT2D eigenvalue weighted by molar-refractivity contribution is -0.0498. The van der Waals surface area contributed by atoms with Gasteiger partial charge in [-0.05, 0) is 47.5 Å². The van der Waals surface area contributed by atoms with Gasteiger partial charge in [-0.2, -0.15) is 19.0 Å². The number of thiazole rings is 1. The third-order valence-electron chi connectivity index (χ3n) is 6.03. The number of methoxy groups -OCH3 is 1. The van der Waals surface area contributed by atoms with Gasteiger partial charge in [-0.25, -0.2) is 4.68 Å². The molecule has 3 aromatic carbocycles. The lowest BCUT2D eigenvalue weighted by Gasteiger charge is -2.13. The summed E-state index contributed by atoms with van der Waals surface area (Å²) in [5.74, 6) is 0.0994. The first-order valence-electron chi connectivity index (χ1n) is 12.4. The summed E-state index contributed by atoms with van der Waals surface area (Å²) in [5.41, 5.74) is 5.75. The summed E-state index contributed by atoms with van der Waals surface area (Å²) in [6, 6.07) is 24.8. The topological polar surface area (TPSA) is 63.7 Å². The van der Waals surface area contributed by atoms with Crippen molar-refractivity contribution in [3.63, 3.8) is 0 Å². The lowest BCUT2D eigenvalue weighted by atomic mass is 10.1. The Bertz CT molecular complexity index is 1500. The summed E-state index contributed by atoms with van der Waals surface area (Å²) in [6.07, 6.45) is 2.67. The van der Waals surface area contributed by atoms with E-state index in [2.05, 4.69) is 21.9 Å². The Balaban J connectivity index is 1.37. The molecule has 5 rings (SSSR count). The van der Waals surface area contributed by atoms with E-state index in [0.29, 0.717) is 18.0 Å². The second-order valence-corrected chi connectivity index (χ2v) is 9.45. The van der Waals surface area contributed by atoms with Crippen molar-refractivity contribution in [2.75, 3.05) is 31.8 Å². The van der Waals surface area contributed by atoms with Crippen LogP contribution in [0.25, 0.3) is 11.3 Å². The van der Waals surface area contributed by atoms with E-state index in [1.807, 2.05) is 52.9 Å². The molecule has 0 saturated carbocycles. The van der Waals surface area contributed by atoms with Crippen LogP contribution in [0, 0.1) is 0 Å². The summed E-state index contributed by atoms with van der Waals surface area (Å²) < 4.78 is 36.4. The van der Waals surface area contributed by atoms with Crippen LogP contribution in [0.5, 0.6) is 5.75 Å². The average Bonchev–Trinajstić information content (AvgIpc) is 3.61. The molecule has 7 nitrogen and oxygen atoms in total. The highest BCUT2D eigenvalue weighted by atomic mass is 32.1. The molecule has 0 unspecified atom stereocenters. The van der Waals surface area contributed by atoms with E-state index in [1.165, 1.54) is 23.5 Å². The van der Waals surface area contributed by atoms with Crippen LogP contribution in [-0.4, -0.2) is 50.0 Å². The molecule has 0 aliphatic carbocycles. The van der Waals surface area contributed by atoms with Crippen molar-refractivity contribution in [3.05, 3.63) is 100 Å². The van der Waals surface area contributed by atoms with Crippen molar-refractivity contribution >= 4 is 29.0 Å². The second-order valence-electron chi connectivity index (χ2n) is 8.61. The molecule has 0 bridgehead atoms. The minimum atomic E-state index is -2.87. The van der Waals surface area contributed by atoms with Crippen LogP contribution in [0.1, 0.15) is 17.5 Å². The molecule has 1 aromatic heterocycles.